The number of hydrogen-bond acceptors (Lipinski definition) is 4. The molecule has 24 heavy (non-hydrogen) atoms. The molecule has 0 saturated carbocycles. The second-order valence-corrected chi connectivity index (χ2v) is 7.24. The van der Waals surface area contributed by atoms with Crippen LogP contribution in [0.5, 0.6) is 0 Å². The number of rotatable bonds is 3. The number of carbonyl (C=O) groups excluding carboxylic acids is 1. The smallest absolute Gasteiger partial charge is 0.274 e. The summed E-state index contributed by atoms with van der Waals surface area (Å²) in [5.41, 5.74) is 2.78. The fraction of sp³-hybridized carbons (Fsp3) is 0.421. The van der Waals surface area contributed by atoms with Crippen LogP contribution < -0.4 is 5.32 Å². The number of nitrogens with one attached hydrogen (secondary N) is 1. The fourth-order valence-electron chi connectivity index (χ4n) is 2.79. The van der Waals surface area contributed by atoms with Gasteiger partial charge in [-0.1, -0.05) is 32.9 Å². The Hall–Kier alpha value is -2.43. The van der Waals surface area contributed by atoms with Crippen molar-refractivity contribution in [2.24, 2.45) is 0 Å². The van der Waals surface area contributed by atoms with E-state index in [0.29, 0.717) is 11.5 Å². The zero-order valence-corrected chi connectivity index (χ0v) is 14.5. The highest BCUT2D eigenvalue weighted by Gasteiger charge is 2.20. The van der Waals surface area contributed by atoms with Gasteiger partial charge in [-0.25, -0.2) is 9.97 Å². The summed E-state index contributed by atoms with van der Waals surface area (Å²) in [6.07, 6.45) is 5.31. The van der Waals surface area contributed by atoms with Crippen molar-refractivity contribution in [2.75, 3.05) is 18.4 Å². The Labute approximate surface area is 143 Å². The van der Waals surface area contributed by atoms with E-state index in [4.69, 9.17) is 0 Å². The molecule has 3 rings (SSSR count). The minimum Gasteiger partial charge on any atom is -0.339 e. The quantitative estimate of drug-likeness (QED) is 0.934. The van der Waals surface area contributed by atoms with E-state index in [1.807, 2.05) is 17.0 Å². The van der Waals surface area contributed by atoms with E-state index >= 15 is 0 Å². The van der Waals surface area contributed by atoms with Gasteiger partial charge in [-0.05, 0) is 36.0 Å². The van der Waals surface area contributed by atoms with Crippen molar-refractivity contribution < 1.29 is 4.79 Å². The summed E-state index contributed by atoms with van der Waals surface area (Å²) < 4.78 is 0. The molecular formula is C19H24N4O. The lowest BCUT2D eigenvalue weighted by Crippen LogP contribution is -2.28. The molecule has 5 nitrogen and oxygen atoms in total. The summed E-state index contributed by atoms with van der Waals surface area (Å²) in [5, 5.41) is 3.22. The van der Waals surface area contributed by atoms with Crippen molar-refractivity contribution in [2.45, 2.75) is 39.0 Å². The van der Waals surface area contributed by atoms with Crippen LogP contribution in [0.3, 0.4) is 0 Å². The monoisotopic (exact) mass is 324 g/mol. The van der Waals surface area contributed by atoms with Gasteiger partial charge in [0.25, 0.3) is 5.91 Å². The van der Waals surface area contributed by atoms with E-state index in [2.05, 4.69) is 48.2 Å². The van der Waals surface area contributed by atoms with Crippen LogP contribution in [0.25, 0.3) is 0 Å². The SMILES string of the molecule is CC(C)(C)c1ccc(Nc2cnc(C(=O)N3CCCC3)cn2)cc1. The lowest BCUT2D eigenvalue weighted by Gasteiger charge is -2.19. The highest BCUT2D eigenvalue weighted by molar-refractivity contribution is 5.92. The maximum Gasteiger partial charge on any atom is 0.274 e. The molecule has 0 spiro atoms. The lowest BCUT2D eigenvalue weighted by atomic mass is 9.87. The van der Waals surface area contributed by atoms with Crippen LogP contribution in [0, 0.1) is 0 Å². The molecule has 1 fully saturated rings. The molecule has 0 radical (unpaired) electrons. The normalized spacial score (nSPS) is 14.7. The largest absolute Gasteiger partial charge is 0.339 e. The number of likely N-dealkylation sites (tertiary alicyclic amines) is 1. The van der Waals surface area contributed by atoms with Crippen molar-refractivity contribution in [1.82, 2.24) is 14.9 Å². The van der Waals surface area contributed by atoms with Gasteiger partial charge in [-0.15, -0.1) is 0 Å². The van der Waals surface area contributed by atoms with Crippen molar-refractivity contribution in [3.05, 3.63) is 47.9 Å². The van der Waals surface area contributed by atoms with Gasteiger partial charge in [-0.2, -0.15) is 0 Å². The molecule has 1 N–H and O–H groups in total. The van der Waals surface area contributed by atoms with Gasteiger partial charge in [-0.3, -0.25) is 4.79 Å². The summed E-state index contributed by atoms with van der Waals surface area (Å²) in [4.78, 5) is 22.7. The molecular weight excluding hydrogens is 300 g/mol. The minimum atomic E-state index is -0.0268. The summed E-state index contributed by atoms with van der Waals surface area (Å²) >= 11 is 0. The van der Waals surface area contributed by atoms with Crippen LogP contribution in [-0.4, -0.2) is 33.9 Å². The van der Waals surface area contributed by atoms with Crippen LogP contribution in [0.1, 0.15) is 49.7 Å². The van der Waals surface area contributed by atoms with Gasteiger partial charge < -0.3 is 10.2 Å². The number of carbonyl (C=O) groups is 1. The van der Waals surface area contributed by atoms with Crippen molar-refractivity contribution in [3.8, 4) is 0 Å². The number of nitrogens with zero attached hydrogens (tertiary/aromatic N) is 3. The molecule has 2 aromatic rings. The molecule has 2 heterocycles. The predicted molar refractivity (Wildman–Crippen MR) is 95.6 cm³/mol. The zero-order valence-electron chi connectivity index (χ0n) is 14.5. The van der Waals surface area contributed by atoms with Crippen molar-refractivity contribution in [3.63, 3.8) is 0 Å². The fourth-order valence-corrected chi connectivity index (χ4v) is 2.79. The number of benzene rings is 1. The van der Waals surface area contributed by atoms with Gasteiger partial charge in [0.2, 0.25) is 0 Å². The minimum absolute atomic E-state index is 0.0268. The highest BCUT2D eigenvalue weighted by atomic mass is 16.2. The summed E-state index contributed by atoms with van der Waals surface area (Å²) in [6.45, 7) is 8.21. The van der Waals surface area contributed by atoms with E-state index in [0.717, 1.165) is 31.6 Å². The van der Waals surface area contributed by atoms with Crippen LogP contribution in [-0.2, 0) is 5.41 Å². The molecule has 5 heteroatoms. The van der Waals surface area contributed by atoms with Crippen LogP contribution in [0.4, 0.5) is 11.5 Å². The van der Waals surface area contributed by atoms with Gasteiger partial charge in [0, 0.05) is 18.8 Å². The van der Waals surface area contributed by atoms with Gasteiger partial charge in [0.1, 0.15) is 11.5 Å². The van der Waals surface area contributed by atoms with E-state index in [-0.39, 0.29) is 11.3 Å². The average molecular weight is 324 g/mol. The second-order valence-electron chi connectivity index (χ2n) is 7.24. The maximum atomic E-state index is 12.3. The summed E-state index contributed by atoms with van der Waals surface area (Å²) in [6, 6.07) is 8.29. The average Bonchev–Trinajstić information content (AvgIpc) is 3.09. The first kappa shape index (κ1) is 16.4. The number of amides is 1. The Bertz CT molecular complexity index is 696. The lowest BCUT2D eigenvalue weighted by molar-refractivity contribution is 0.0786. The van der Waals surface area contributed by atoms with Gasteiger partial charge in [0.05, 0.1) is 12.4 Å². The standard InChI is InChI=1S/C19H24N4O/c1-19(2,3)14-6-8-15(9-7-14)22-17-13-20-16(12-21-17)18(24)23-10-4-5-11-23/h6-9,12-13H,4-5,10-11H2,1-3H3,(H,21,22). The maximum absolute atomic E-state index is 12.3. The third-order valence-electron chi connectivity index (χ3n) is 4.29. The Balaban J connectivity index is 1.66. The molecule has 0 atom stereocenters. The van der Waals surface area contributed by atoms with E-state index in [9.17, 15) is 4.79 Å². The number of aromatic nitrogens is 2. The van der Waals surface area contributed by atoms with E-state index in [1.54, 1.807) is 12.4 Å². The number of hydrogen-bond donors (Lipinski definition) is 1. The first-order chi connectivity index (χ1) is 11.4. The number of anilines is 2. The molecule has 1 saturated heterocycles. The second kappa shape index (κ2) is 6.59. The van der Waals surface area contributed by atoms with E-state index < -0.39 is 0 Å². The first-order valence-corrected chi connectivity index (χ1v) is 8.42. The topological polar surface area (TPSA) is 58.1 Å². The van der Waals surface area contributed by atoms with E-state index in [1.165, 1.54) is 5.56 Å². The summed E-state index contributed by atoms with van der Waals surface area (Å²) in [7, 11) is 0. The molecule has 0 aliphatic carbocycles. The molecule has 1 aliphatic heterocycles. The van der Waals surface area contributed by atoms with Crippen LogP contribution in [0.2, 0.25) is 0 Å². The summed E-state index contributed by atoms with van der Waals surface area (Å²) in [5.74, 6) is 0.609. The Morgan fingerprint density at radius 1 is 1.04 bits per heavy atom. The van der Waals surface area contributed by atoms with Gasteiger partial charge >= 0.3 is 0 Å². The zero-order chi connectivity index (χ0) is 17.2. The molecule has 1 aliphatic rings. The molecule has 0 bridgehead atoms. The van der Waals surface area contributed by atoms with Crippen LogP contribution >= 0.6 is 0 Å². The molecule has 1 amide bonds. The van der Waals surface area contributed by atoms with Crippen molar-refractivity contribution >= 4 is 17.4 Å². The van der Waals surface area contributed by atoms with Crippen LogP contribution in [0.15, 0.2) is 36.7 Å². The molecule has 1 aromatic carbocycles. The Morgan fingerprint density at radius 2 is 1.71 bits per heavy atom. The highest BCUT2D eigenvalue weighted by Crippen LogP contribution is 2.24. The third-order valence-corrected chi connectivity index (χ3v) is 4.29. The molecule has 0 unspecified atom stereocenters. The molecule has 1 aromatic heterocycles. The van der Waals surface area contributed by atoms with Crippen molar-refractivity contribution in [1.29, 1.82) is 0 Å². The predicted octanol–water partition coefficient (Wildman–Crippen LogP) is 3.75. The molecule has 126 valence electrons. The first-order valence-electron chi connectivity index (χ1n) is 8.42. The Morgan fingerprint density at radius 3 is 2.25 bits per heavy atom. The Kier molecular flexibility index (Phi) is 4.51. The van der Waals surface area contributed by atoms with Gasteiger partial charge in [0.15, 0.2) is 0 Å². The third kappa shape index (κ3) is 3.72.